The van der Waals surface area contributed by atoms with Crippen molar-refractivity contribution in [2.75, 3.05) is 46.4 Å². The number of aliphatic hydroxyl groups is 1. The molecule has 7 nitrogen and oxygen atoms in total. The van der Waals surface area contributed by atoms with Gasteiger partial charge in [-0.25, -0.2) is 0 Å². The van der Waals surface area contributed by atoms with Gasteiger partial charge in [-0.15, -0.1) is 10.2 Å². The standard InChI is InChI=1S/C16H22N4O3/c1-22-14-4-2-13(3-5-14)16-18-17-15(23-16)12-20-8-6-19(7-9-20)10-11-21/h2-5,21H,6-12H2,1H3. The lowest BCUT2D eigenvalue weighted by atomic mass is 10.2. The minimum absolute atomic E-state index is 0.217. The van der Waals surface area contributed by atoms with Crippen molar-refractivity contribution in [1.82, 2.24) is 20.0 Å². The monoisotopic (exact) mass is 318 g/mol. The van der Waals surface area contributed by atoms with E-state index in [0.717, 1.165) is 44.0 Å². The molecule has 0 unspecified atom stereocenters. The highest BCUT2D eigenvalue weighted by Gasteiger charge is 2.19. The van der Waals surface area contributed by atoms with Crippen molar-refractivity contribution in [3.8, 4) is 17.2 Å². The van der Waals surface area contributed by atoms with E-state index in [9.17, 15) is 0 Å². The highest BCUT2D eigenvalue weighted by atomic mass is 16.5. The molecule has 2 heterocycles. The predicted octanol–water partition coefficient (Wildman–Crippen LogP) is 0.855. The average molecular weight is 318 g/mol. The van der Waals surface area contributed by atoms with Gasteiger partial charge in [-0.3, -0.25) is 9.80 Å². The lowest BCUT2D eigenvalue weighted by Gasteiger charge is -2.33. The summed E-state index contributed by atoms with van der Waals surface area (Å²) >= 11 is 0. The zero-order valence-electron chi connectivity index (χ0n) is 13.3. The second-order valence-corrected chi connectivity index (χ2v) is 5.57. The highest BCUT2D eigenvalue weighted by Crippen LogP contribution is 2.21. The fourth-order valence-electron chi connectivity index (χ4n) is 2.67. The van der Waals surface area contributed by atoms with Crippen LogP contribution < -0.4 is 4.74 Å². The van der Waals surface area contributed by atoms with Crippen LogP contribution in [0, 0.1) is 0 Å². The molecule has 1 aromatic carbocycles. The van der Waals surface area contributed by atoms with Crippen LogP contribution in [0.25, 0.3) is 11.5 Å². The molecule has 124 valence electrons. The summed E-state index contributed by atoms with van der Waals surface area (Å²) in [7, 11) is 1.64. The van der Waals surface area contributed by atoms with Gasteiger partial charge in [-0.1, -0.05) is 0 Å². The molecule has 0 aliphatic carbocycles. The summed E-state index contributed by atoms with van der Waals surface area (Å²) in [6.07, 6.45) is 0. The highest BCUT2D eigenvalue weighted by molar-refractivity contribution is 5.53. The van der Waals surface area contributed by atoms with Crippen LogP contribution in [-0.2, 0) is 6.54 Å². The molecule has 1 aromatic heterocycles. The van der Waals surface area contributed by atoms with Crippen LogP contribution >= 0.6 is 0 Å². The van der Waals surface area contributed by atoms with E-state index >= 15 is 0 Å². The van der Waals surface area contributed by atoms with Crippen LogP contribution in [0.3, 0.4) is 0 Å². The van der Waals surface area contributed by atoms with Gasteiger partial charge in [0.15, 0.2) is 0 Å². The van der Waals surface area contributed by atoms with Crippen LogP contribution in [0.2, 0.25) is 0 Å². The van der Waals surface area contributed by atoms with E-state index in [-0.39, 0.29) is 6.61 Å². The first-order chi connectivity index (χ1) is 11.3. The summed E-state index contributed by atoms with van der Waals surface area (Å²) in [6, 6.07) is 7.56. The van der Waals surface area contributed by atoms with Gasteiger partial charge in [0.05, 0.1) is 20.3 Å². The SMILES string of the molecule is COc1ccc(-c2nnc(CN3CCN(CCO)CC3)o2)cc1. The Morgan fingerprint density at radius 2 is 1.78 bits per heavy atom. The van der Waals surface area contributed by atoms with Crippen LogP contribution in [0.5, 0.6) is 5.75 Å². The van der Waals surface area contributed by atoms with Gasteiger partial charge in [-0.05, 0) is 24.3 Å². The smallest absolute Gasteiger partial charge is 0.247 e. The molecule has 0 radical (unpaired) electrons. The molecule has 1 aliphatic rings. The van der Waals surface area contributed by atoms with Gasteiger partial charge >= 0.3 is 0 Å². The number of hydrogen-bond acceptors (Lipinski definition) is 7. The van der Waals surface area contributed by atoms with Gasteiger partial charge in [0.25, 0.3) is 0 Å². The van der Waals surface area contributed by atoms with Crippen molar-refractivity contribution in [3.05, 3.63) is 30.2 Å². The molecule has 0 bridgehead atoms. The summed E-state index contributed by atoms with van der Waals surface area (Å²) in [4.78, 5) is 4.55. The molecule has 1 fully saturated rings. The lowest BCUT2D eigenvalue weighted by Crippen LogP contribution is -2.46. The molecule has 7 heteroatoms. The Bertz CT molecular complexity index is 606. The zero-order valence-corrected chi connectivity index (χ0v) is 13.3. The molecule has 3 rings (SSSR count). The molecular weight excluding hydrogens is 296 g/mol. The van der Waals surface area contributed by atoms with Crippen molar-refractivity contribution >= 4 is 0 Å². The Morgan fingerprint density at radius 1 is 1.09 bits per heavy atom. The van der Waals surface area contributed by atoms with Crippen LogP contribution in [-0.4, -0.2) is 71.5 Å². The number of rotatable bonds is 6. The molecule has 1 N–H and O–H groups in total. The molecule has 1 saturated heterocycles. The first-order valence-corrected chi connectivity index (χ1v) is 7.81. The third-order valence-electron chi connectivity index (χ3n) is 4.04. The minimum Gasteiger partial charge on any atom is -0.497 e. The third kappa shape index (κ3) is 4.07. The van der Waals surface area contributed by atoms with Gasteiger partial charge in [-0.2, -0.15) is 0 Å². The Hall–Kier alpha value is -1.96. The molecule has 0 atom stereocenters. The Kier molecular flexibility index (Phi) is 5.22. The molecule has 0 saturated carbocycles. The van der Waals surface area contributed by atoms with Crippen molar-refractivity contribution in [2.45, 2.75) is 6.54 Å². The number of benzene rings is 1. The van der Waals surface area contributed by atoms with E-state index < -0.39 is 0 Å². The molecule has 1 aliphatic heterocycles. The van der Waals surface area contributed by atoms with Gasteiger partial charge in [0.1, 0.15) is 5.75 Å². The molecule has 2 aromatic rings. The van der Waals surface area contributed by atoms with E-state index in [2.05, 4.69) is 20.0 Å². The normalized spacial score (nSPS) is 16.6. The maximum atomic E-state index is 8.97. The van der Waals surface area contributed by atoms with E-state index in [1.54, 1.807) is 7.11 Å². The van der Waals surface area contributed by atoms with Crippen LogP contribution in [0.4, 0.5) is 0 Å². The maximum Gasteiger partial charge on any atom is 0.247 e. The largest absolute Gasteiger partial charge is 0.497 e. The second kappa shape index (κ2) is 7.54. The molecule has 0 spiro atoms. The van der Waals surface area contributed by atoms with Crippen molar-refractivity contribution in [1.29, 1.82) is 0 Å². The molecule has 23 heavy (non-hydrogen) atoms. The van der Waals surface area contributed by atoms with Crippen molar-refractivity contribution in [2.24, 2.45) is 0 Å². The van der Waals surface area contributed by atoms with Gasteiger partial charge in [0.2, 0.25) is 11.8 Å². The van der Waals surface area contributed by atoms with E-state index in [0.29, 0.717) is 18.3 Å². The van der Waals surface area contributed by atoms with E-state index in [1.165, 1.54) is 0 Å². The topological polar surface area (TPSA) is 74.9 Å². The Labute approximate surface area is 135 Å². The number of piperazine rings is 1. The number of methoxy groups -OCH3 is 1. The number of aromatic nitrogens is 2. The maximum absolute atomic E-state index is 8.97. The fourth-order valence-corrected chi connectivity index (χ4v) is 2.67. The Balaban J connectivity index is 1.57. The summed E-state index contributed by atoms with van der Waals surface area (Å²) in [6.45, 7) is 5.43. The Morgan fingerprint density at radius 3 is 2.43 bits per heavy atom. The van der Waals surface area contributed by atoms with E-state index in [4.69, 9.17) is 14.3 Å². The minimum atomic E-state index is 0.217. The van der Waals surface area contributed by atoms with Gasteiger partial charge in [0, 0.05) is 38.3 Å². The van der Waals surface area contributed by atoms with E-state index in [1.807, 2.05) is 24.3 Å². The number of aliphatic hydroxyl groups excluding tert-OH is 1. The van der Waals surface area contributed by atoms with Crippen molar-refractivity contribution < 1.29 is 14.3 Å². The van der Waals surface area contributed by atoms with Gasteiger partial charge < -0.3 is 14.3 Å². The average Bonchev–Trinajstić information content (AvgIpc) is 3.05. The number of nitrogens with zero attached hydrogens (tertiary/aromatic N) is 4. The summed E-state index contributed by atoms with van der Waals surface area (Å²) in [5, 5.41) is 17.2. The van der Waals surface area contributed by atoms with Crippen molar-refractivity contribution in [3.63, 3.8) is 0 Å². The molecule has 0 amide bonds. The number of ether oxygens (including phenoxy) is 1. The second-order valence-electron chi connectivity index (χ2n) is 5.57. The first kappa shape index (κ1) is 15.9. The predicted molar refractivity (Wildman–Crippen MR) is 85.1 cm³/mol. The van der Waals surface area contributed by atoms with Crippen LogP contribution in [0.1, 0.15) is 5.89 Å². The number of β-amino-alcohol motifs (C(OH)–C–C–N with tert-alkyl or cyclic N) is 1. The third-order valence-corrected chi connectivity index (χ3v) is 4.04. The lowest BCUT2D eigenvalue weighted by molar-refractivity contribution is 0.103. The first-order valence-electron chi connectivity index (χ1n) is 7.81. The summed E-state index contributed by atoms with van der Waals surface area (Å²) in [5.74, 6) is 1.96. The fraction of sp³-hybridized carbons (Fsp3) is 0.500. The summed E-state index contributed by atoms with van der Waals surface area (Å²) in [5.41, 5.74) is 0.886. The number of hydrogen-bond donors (Lipinski definition) is 1. The zero-order chi connectivity index (χ0) is 16.1. The molecular formula is C16H22N4O3. The van der Waals surface area contributed by atoms with Crippen LogP contribution in [0.15, 0.2) is 28.7 Å². The summed E-state index contributed by atoms with van der Waals surface area (Å²) < 4.78 is 10.9. The quantitative estimate of drug-likeness (QED) is 0.846.